The van der Waals surface area contributed by atoms with E-state index in [1.807, 2.05) is 20.8 Å². The molecule has 0 bridgehead atoms. The molecule has 16 fully saturated rings. The molecule has 0 unspecified atom stereocenters. The molecule has 3 aromatic heterocycles. The van der Waals surface area contributed by atoms with Crippen molar-refractivity contribution in [2.45, 2.75) is 389 Å². The third kappa shape index (κ3) is 19.0. The molecule has 784 valence electrons. The van der Waals surface area contributed by atoms with E-state index in [9.17, 15) is 65.9 Å². The van der Waals surface area contributed by atoms with Crippen LogP contribution in [0.3, 0.4) is 0 Å². The summed E-state index contributed by atoms with van der Waals surface area (Å²) in [6.07, 6.45) is 49.1. The van der Waals surface area contributed by atoms with E-state index < -0.39 is 57.3 Å². The first-order valence-electron chi connectivity index (χ1n) is 55.9. The summed E-state index contributed by atoms with van der Waals surface area (Å²) in [7, 11) is 0. The normalized spacial score (nSPS) is 41.2. The van der Waals surface area contributed by atoms with Crippen LogP contribution in [0, 0.1) is 256 Å². The summed E-state index contributed by atoms with van der Waals surface area (Å²) in [5.74, 6) is 27.6. The van der Waals surface area contributed by atoms with Crippen molar-refractivity contribution in [1.82, 2.24) is 45.0 Å². The molecule has 17 nitrogen and oxygen atoms in total. The summed E-state index contributed by atoms with van der Waals surface area (Å²) in [4.78, 5) is 54.7. The number of hydrogen-bond donors (Lipinski definition) is 4. The van der Waals surface area contributed by atoms with Crippen molar-refractivity contribution in [3.05, 3.63) is 71.3 Å². The fraction of sp³-hybridized carbons (Fsp3) is 0.736. The van der Waals surface area contributed by atoms with E-state index in [0.717, 1.165) is 177 Å². The van der Waals surface area contributed by atoms with Crippen molar-refractivity contribution < 1.29 is 65.9 Å². The number of halogens is 7. The second-order valence-corrected chi connectivity index (χ2v) is 51.7. The van der Waals surface area contributed by atoms with Crippen LogP contribution in [0.15, 0.2) is 36.4 Å². The number of aliphatic hydroxyl groups is 4. The highest BCUT2D eigenvalue weighted by molar-refractivity contribution is 9.09. The number of carbonyl (C=O) groups excluding carboxylic acids is 4. The van der Waals surface area contributed by atoms with Crippen molar-refractivity contribution in [2.24, 2.45) is 162 Å². The van der Waals surface area contributed by atoms with Gasteiger partial charge in [-0.1, -0.05) is 87.7 Å². The SMILES string of the molecule is C#CC#CC#CC#CC#CC.CC[C@]12CC[C@@](C)(O)C[C@H]1CC[C@H]1[C@@H]3CC[C@H](C(=O)CBr)[C@@]3(C)CC[C@@H]12.CC[C@]12CC[C@@](C)(O)C[C@H]1CC[C@H]1[C@@H]3CC[C@H](C(=O)Cn4nc5ccc(F)c(F)c5n4)[C@@]3(C)CC[C@@H]12.CC[C@]12CC[C@@](C)(O)C[C@H]1CC[C@H]1[C@@H]3CC[C@H](C(=O)Cn4nnc5ccc(F)c(F)c54)[C@@]3(C)CC[C@@H]12.CC[C@]12CC[C@@](C)(O)C[C@H]1CC[C@H]1[C@H]3CC[C@H](C(=O)Cn4nnc5c(F)c(F)ccc54)[C@@]3(C)CC[C@@H]12. The Kier molecular flexibility index (Phi) is 30.3. The molecule has 24 heteroatoms. The molecule has 0 radical (unpaired) electrons. The van der Waals surface area contributed by atoms with Crippen LogP contribution in [0.25, 0.3) is 33.1 Å². The second kappa shape index (κ2) is 41.1. The number of terminal acetylenes is 1. The number of nitrogens with zero attached hydrogens (tertiary/aromatic N) is 9. The first-order chi connectivity index (χ1) is 69.0. The molecule has 3 aromatic carbocycles. The van der Waals surface area contributed by atoms with Gasteiger partial charge >= 0.3 is 0 Å². The van der Waals surface area contributed by atoms with Gasteiger partial charge in [0.15, 0.2) is 63.3 Å². The minimum Gasteiger partial charge on any atom is -0.390 e. The molecule has 0 aliphatic heterocycles. The van der Waals surface area contributed by atoms with Gasteiger partial charge in [-0.2, -0.15) is 9.90 Å². The predicted molar refractivity (Wildman–Crippen MR) is 554 cm³/mol. The summed E-state index contributed by atoms with van der Waals surface area (Å²) in [6, 6.07) is 7.42. The van der Waals surface area contributed by atoms with Gasteiger partial charge in [0.25, 0.3) is 0 Å². The van der Waals surface area contributed by atoms with Gasteiger partial charge in [-0.3, -0.25) is 19.2 Å². The number of Topliss-reactive ketones (excluding diaryl/α,β-unsaturated/α-hetero) is 4. The van der Waals surface area contributed by atoms with Gasteiger partial charge in [-0.15, -0.1) is 21.7 Å². The Balaban J connectivity index is 0.000000123. The Morgan fingerprint density at radius 3 is 1.07 bits per heavy atom. The van der Waals surface area contributed by atoms with Crippen molar-refractivity contribution in [3.8, 4) is 59.7 Å². The topological polar surface area (TPSA) is 241 Å². The van der Waals surface area contributed by atoms with Crippen LogP contribution in [-0.2, 0) is 38.8 Å². The lowest BCUT2D eigenvalue weighted by Crippen LogP contribution is -2.56. The number of fused-ring (bicyclic) bond motifs is 23. The van der Waals surface area contributed by atoms with Gasteiger partial charge < -0.3 is 20.4 Å². The van der Waals surface area contributed by atoms with Crippen molar-refractivity contribution in [3.63, 3.8) is 0 Å². The van der Waals surface area contributed by atoms with E-state index in [2.05, 4.69) is 162 Å². The number of benzene rings is 3. The van der Waals surface area contributed by atoms with Crippen molar-refractivity contribution in [2.75, 3.05) is 5.33 Å². The average Bonchev–Trinajstić information content (AvgIpc) is 1.70. The summed E-state index contributed by atoms with van der Waals surface area (Å²) in [5.41, 5.74) is 0.236. The molecular formula is C121H158BrF6N9O8. The number of rotatable bonds is 15. The smallest absolute Gasteiger partial charge is 0.188 e. The minimum absolute atomic E-state index is 0.00681. The number of carbonyl (C=O) groups is 4. The Morgan fingerprint density at radius 1 is 0.366 bits per heavy atom. The van der Waals surface area contributed by atoms with Crippen LogP contribution in [0.4, 0.5) is 26.3 Å². The van der Waals surface area contributed by atoms with Crippen molar-refractivity contribution in [1.29, 1.82) is 0 Å². The van der Waals surface area contributed by atoms with E-state index in [0.29, 0.717) is 115 Å². The molecule has 16 aliphatic carbocycles. The highest BCUT2D eigenvalue weighted by atomic mass is 79.9. The fourth-order valence-corrected chi connectivity index (χ4v) is 38.6. The molecule has 6 aromatic rings. The van der Waals surface area contributed by atoms with E-state index in [1.54, 1.807) is 6.92 Å². The molecule has 16 aliphatic rings. The Labute approximate surface area is 864 Å². The third-order valence-corrected chi connectivity index (χ3v) is 45.6. The maximum atomic E-state index is 14.5. The number of ketones is 4. The molecular weight excluding hydrogens is 1900 g/mol. The van der Waals surface area contributed by atoms with Crippen molar-refractivity contribution >= 4 is 72.2 Å². The lowest BCUT2D eigenvalue weighted by molar-refractivity contribution is -0.158. The molecule has 4 N–H and O–H groups in total. The maximum Gasteiger partial charge on any atom is 0.188 e. The number of aromatic nitrogens is 9. The van der Waals surface area contributed by atoms with Gasteiger partial charge in [0, 0.05) is 23.7 Å². The van der Waals surface area contributed by atoms with Crippen LogP contribution < -0.4 is 0 Å². The maximum absolute atomic E-state index is 14.5. The van der Waals surface area contributed by atoms with E-state index in [-0.39, 0.29) is 110 Å². The molecule has 0 spiro atoms. The molecule has 32 atom stereocenters. The van der Waals surface area contributed by atoms with Crippen LogP contribution in [0.1, 0.15) is 347 Å². The molecule has 3 heterocycles. The monoisotopic (exact) mass is 2060 g/mol. The lowest BCUT2D eigenvalue weighted by Gasteiger charge is -2.63. The quantitative estimate of drug-likeness (QED) is 0.0425. The van der Waals surface area contributed by atoms with Crippen LogP contribution in [0.5, 0.6) is 0 Å². The molecule has 22 rings (SSSR count). The third-order valence-electron chi connectivity index (χ3n) is 45.0. The molecule has 0 amide bonds. The first-order valence-corrected chi connectivity index (χ1v) is 57.0. The first kappa shape index (κ1) is 107. The van der Waals surface area contributed by atoms with Crippen LogP contribution >= 0.6 is 15.9 Å². The van der Waals surface area contributed by atoms with Crippen LogP contribution in [0.2, 0.25) is 0 Å². The molecule has 145 heavy (non-hydrogen) atoms. The summed E-state index contributed by atoms with van der Waals surface area (Å²) < 4.78 is 86.5. The zero-order valence-corrected chi connectivity index (χ0v) is 89.9. The van der Waals surface area contributed by atoms with Crippen LogP contribution in [-0.4, -0.2) is 116 Å². The van der Waals surface area contributed by atoms with Gasteiger partial charge in [-0.05, 0) is 513 Å². The Hall–Kier alpha value is -7.76. The second-order valence-electron chi connectivity index (χ2n) is 51.1. The van der Waals surface area contributed by atoms with Gasteiger partial charge in [0.05, 0.1) is 33.3 Å². The largest absolute Gasteiger partial charge is 0.390 e. The standard InChI is InChI=1S/3C29H39F2N3O2.C23H37BrO2.C11H4/c1-4-29-14-13-27(2,36)15-17(29)5-6-18-19-7-8-21(28(19,3)12-11-20(18)29)24(35)16-34-23-10-9-22(30)25(31)26(23)32-33-34;1-4-29-14-13-27(2,36)15-17(29)5-6-18-19-7-8-21(28(19,3)12-11-20(18)29)24(35)16-34-26-23(32-33-34)10-9-22(30)25(26)31;1-4-29-14-13-27(2,36)15-17(29)5-6-18-19-7-8-21(28(19,3)12-11-20(18)29)24(35)16-34-32-23-10-9-22(30)25(31)26(23)33-34;1-4-23-12-11-21(2,26)13-15(23)5-6-16-17-7-8-19(20(25)14-24)22(17,3)10-9-18(16)23;1-3-5-7-9-11-10-8-6-4-2/h3*9-10,17-21,36H,4-8,11-16H2,1-3H3;15-19,26H,4-14H2,1-3H3;1H,2H3/t17-,18+,19-,20+,21-,27-,28+,29+;2*17-,18+,19+,20+,21-,27-,28+,29+;15-,16+,17+,18+,19-,21-,22+,23+;/m1111./s1. The lowest BCUT2D eigenvalue weighted by atomic mass is 9.42. The summed E-state index contributed by atoms with van der Waals surface area (Å²) >= 11 is 3.44. The fourth-order valence-electron chi connectivity index (χ4n) is 38.3. The highest BCUT2D eigenvalue weighted by Gasteiger charge is 2.69. The number of alkyl halides is 1. The minimum atomic E-state index is -1.01. The van der Waals surface area contributed by atoms with Gasteiger partial charge in [-0.25, -0.2) is 35.7 Å². The van der Waals surface area contributed by atoms with Gasteiger partial charge in [0.1, 0.15) is 42.0 Å². The zero-order chi connectivity index (χ0) is 103. The Morgan fingerprint density at radius 2 is 0.697 bits per heavy atom. The van der Waals surface area contributed by atoms with E-state index in [1.165, 1.54) is 148 Å². The zero-order valence-electron chi connectivity index (χ0n) is 88.3. The highest BCUT2D eigenvalue weighted by Crippen LogP contribution is 2.75. The Bertz CT molecular complexity index is 6190. The predicted octanol–water partition coefficient (Wildman–Crippen LogP) is 24.6. The average molecular weight is 2060 g/mol. The van der Waals surface area contributed by atoms with E-state index >= 15 is 0 Å². The van der Waals surface area contributed by atoms with E-state index in [4.69, 9.17) is 6.42 Å². The summed E-state index contributed by atoms with van der Waals surface area (Å²) in [5, 5.41) is 67.8. The molecule has 16 saturated carbocycles. The molecule has 0 saturated heterocycles. The number of hydrogen-bond acceptors (Lipinski definition) is 14. The summed E-state index contributed by atoms with van der Waals surface area (Å²) in [6.45, 7) is 28.8. The van der Waals surface area contributed by atoms with Gasteiger partial charge in [0.2, 0.25) is 0 Å².